The van der Waals surface area contributed by atoms with Crippen molar-refractivity contribution in [1.82, 2.24) is 15.5 Å². The van der Waals surface area contributed by atoms with Gasteiger partial charge in [-0.2, -0.15) is 0 Å². The van der Waals surface area contributed by atoms with Crippen molar-refractivity contribution in [3.8, 4) is 0 Å². The lowest BCUT2D eigenvalue weighted by Crippen LogP contribution is -2.26. The van der Waals surface area contributed by atoms with E-state index in [0.29, 0.717) is 19.0 Å². The molecule has 0 atom stereocenters. The van der Waals surface area contributed by atoms with Crippen LogP contribution in [0.3, 0.4) is 0 Å². The number of nitrogen functional groups attached to an aromatic ring is 1. The Hall–Kier alpha value is -1.73. The van der Waals surface area contributed by atoms with E-state index in [4.69, 9.17) is 10.6 Å². The second kappa shape index (κ2) is 6.70. The topological polar surface area (TPSA) is 102 Å². The van der Waals surface area contributed by atoms with E-state index in [0.717, 1.165) is 6.42 Å². The van der Waals surface area contributed by atoms with Gasteiger partial charge >= 0.3 is 0 Å². The van der Waals surface area contributed by atoms with Crippen LogP contribution in [-0.4, -0.2) is 36.4 Å². The van der Waals surface area contributed by atoms with Gasteiger partial charge in [-0.1, -0.05) is 0 Å². The van der Waals surface area contributed by atoms with E-state index in [2.05, 4.69) is 20.9 Å². The lowest BCUT2D eigenvalue weighted by molar-refractivity contribution is 0.0942. The molecule has 1 rings (SSSR count). The molecule has 4 N–H and O–H groups in total. The van der Waals surface area contributed by atoms with Crippen LogP contribution in [0, 0.1) is 0 Å². The van der Waals surface area contributed by atoms with E-state index >= 15 is 0 Å². The molecule has 0 unspecified atom stereocenters. The van der Waals surface area contributed by atoms with E-state index in [-0.39, 0.29) is 11.6 Å². The molecule has 0 fully saturated rings. The van der Waals surface area contributed by atoms with Gasteiger partial charge in [-0.15, -0.1) is 10.2 Å². The molecular weight excluding hydrogens is 210 g/mol. The highest BCUT2D eigenvalue weighted by molar-refractivity contribution is 5.92. The first-order valence-corrected chi connectivity index (χ1v) is 4.85. The van der Waals surface area contributed by atoms with Crippen molar-refractivity contribution in [2.45, 2.75) is 6.42 Å². The van der Waals surface area contributed by atoms with Crippen molar-refractivity contribution >= 4 is 11.7 Å². The molecule has 0 radical (unpaired) electrons. The van der Waals surface area contributed by atoms with Crippen LogP contribution >= 0.6 is 0 Å². The number of carbonyl (C=O) groups excluding carboxylic acids is 1. The van der Waals surface area contributed by atoms with Crippen molar-refractivity contribution in [3.05, 3.63) is 17.8 Å². The summed E-state index contributed by atoms with van der Waals surface area (Å²) in [6.07, 6.45) is 0.762. The van der Waals surface area contributed by atoms with Crippen molar-refractivity contribution < 1.29 is 9.53 Å². The maximum absolute atomic E-state index is 11.5. The number of methoxy groups -OCH3 is 1. The summed E-state index contributed by atoms with van der Waals surface area (Å²) in [6, 6.07) is 3.13. The minimum Gasteiger partial charge on any atom is -0.385 e. The van der Waals surface area contributed by atoms with E-state index in [9.17, 15) is 4.79 Å². The van der Waals surface area contributed by atoms with Crippen LogP contribution in [0.5, 0.6) is 0 Å². The monoisotopic (exact) mass is 225 g/mol. The summed E-state index contributed by atoms with van der Waals surface area (Å²) < 4.78 is 4.86. The Labute approximate surface area is 93.3 Å². The number of aromatic nitrogens is 2. The maximum Gasteiger partial charge on any atom is 0.271 e. The highest BCUT2D eigenvalue weighted by Crippen LogP contribution is 1.99. The van der Waals surface area contributed by atoms with E-state index in [1.54, 1.807) is 19.2 Å². The van der Waals surface area contributed by atoms with Crippen molar-refractivity contribution in [3.63, 3.8) is 0 Å². The molecule has 1 aromatic rings. The first-order chi connectivity index (χ1) is 7.77. The van der Waals surface area contributed by atoms with Gasteiger partial charge in [-0.25, -0.2) is 5.84 Å². The molecule has 88 valence electrons. The Bertz CT molecular complexity index is 327. The third-order valence-corrected chi connectivity index (χ3v) is 1.86. The molecular formula is C9H15N5O2. The summed E-state index contributed by atoms with van der Waals surface area (Å²) in [7, 11) is 1.62. The maximum atomic E-state index is 11.5. The lowest BCUT2D eigenvalue weighted by Gasteiger charge is -2.04. The summed E-state index contributed by atoms with van der Waals surface area (Å²) in [5.41, 5.74) is 2.59. The standard InChI is InChI=1S/C9H15N5O2/c1-16-6-2-5-11-9(15)7-3-4-8(12-10)14-13-7/h3-4H,2,5-6,10H2,1H3,(H,11,15)(H,12,14). The number of rotatable bonds is 6. The third-order valence-electron chi connectivity index (χ3n) is 1.86. The minimum absolute atomic E-state index is 0.257. The number of hydrogen-bond acceptors (Lipinski definition) is 6. The number of hydrazine groups is 1. The van der Waals surface area contributed by atoms with Crippen molar-refractivity contribution in [2.75, 3.05) is 25.7 Å². The molecule has 7 heteroatoms. The van der Waals surface area contributed by atoms with E-state index in [1.807, 2.05) is 0 Å². The fourth-order valence-corrected chi connectivity index (χ4v) is 1.04. The Kier molecular flexibility index (Phi) is 5.17. The summed E-state index contributed by atoms with van der Waals surface area (Å²) in [5, 5.41) is 10.1. The van der Waals surface area contributed by atoms with Crippen molar-refractivity contribution in [1.29, 1.82) is 0 Å². The summed E-state index contributed by atoms with van der Waals surface area (Å²) in [4.78, 5) is 11.5. The molecule has 1 aromatic heterocycles. The van der Waals surface area contributed by atoms with Gasteiger partial charge in [0.1, 0.15) is 0 Å². The van der Waals surface area contributed by atoms with Crippen LogP contribution < -0.4 is 16.6 Å². The van der Waals surface area contributed by atoms with Gasteiger partial charge in [0.2, 0.25) is 0 Å². The van der Waals surface area contributed by atoms with Crippen LogP contribution in [-0.2, 0) is 4.74 Å². The number of carbonyl (C=O) groups is 1. The van der Waals surface area contributed by atoms with Crippen LogP contribution in [0.1, 0.15) is 16.9 Å². The lowest BCUT2D eigenvalue weighted by atomic mass is 10.3. The van der Waals surface area contributed by atoms with Gasteiger partial charge in [0.25, 0.3) is 5.91 Å². The summed E-state index contributed by atoms with van der Waals surface area (Å²) in [6.45, 7) is 1.16. The molecule has 16 heavy (non-hydrogen) atoms. The molecule has 0 aromatic carbocycles. The Morgan fingerprint density at radius 3 is 2.88 bits per heavy atom. The van der Waals surface area contributed by atoms with Gasteiger partial charge in [-0.05, 0) is 18.6 Å². The summed E-state index contributed by atoms with van der Waals surface area (Å²) in [5.74, 6) is 5.28. The van der Waals surface area contributed by atoms with Crippen LogP contribution in [0.15, 0.2) is 12.1 Å². The number of nitrogens with one attached hydrogen (secondary N) is 2. The number of ether oxygens (including phenoxy) is 1. The van der Waals surface area contributed by atoms with Gasteiger partial charge in [0.15, 0.2) is 11.5 Å². The number of nitrogens with zero attached hydrogens (tertiary/aromatic N) is 2. The molecule has 0 saturated heterocycles. The van der Waals surface area contributed by atoms with E-state index in [1.165, 1.54) is 0 Å². The molecule has 0 aliphatic rings. The van der Waals surface area contributed by atoms with Crippen LogP contribution in [0.2, 0.25) is 0 Å². The molecule has 1 heterocycles. The van der Waals surface area contributed by atoms with Gasteiger partial charge in [0, 0.05) is 20.3 Å². The Morgan fingerprint density at radius 2 is 2.31 bits per heavy atom. The van der Waals surface area contributed by atoms with Gasteiger partial charge < -0.3 is 15.5 Å². The predicted octanol–water partition coefficient (Wildman–Crippen LogP) is -0.471. The molecule has 0 bridgehead atoms. The highest BCUT2D eigenvalue weighted by Gasteiger charge is 2.06. The number of anilines is 1. The second-order valence-corrected chi connectivity index (χ2v) is 3.05. The largest absolute Gasteiger partial charge is 0.385 e. The van der Waals surface area contributed by atoms with Crippen molar-refractivity contribution in [2.24, 2.45) is 5.84 Å². The zero-order valence-electron chi connectivity index (χ0n) is 9.06. The fraction of sp³-hybridized carbons (Fsp3) is 0.444. The molecule has 7 nitrogen and oxygen atoms in total. The van der Waals surface area contributed by atoms with E-state index < -0.39 is 0 Å². The third kappa shape index (κ3) is 3.79. The normalized spacial score (nSPS) is 9.88. The quantitative estimate of drug-likeness (QED) is 0.343. The molecule has 1 amide bonds. The zero-order valence-corrected chi connectivity index (χ0v) is 9.06. The van der Waals surface area contributed by atoms with Gasteiger partial charge in [0.05, 0.1) is 0 Å². The number of nitrogens with two attached hydrogens (primary N) is 1. The van der Waals surface area contributed by atoms with Gasteiger partial charge in [-0.3, -0.25) is 4.79 Å². The Balaban J connectivity index is 2.40. The van der Waals surface area contributed by atoms with Crippen LogP contribution in [0.4, 0.5) is 5.82 Å². The predicted molar refractivity (Wildman–Crippen MR) is 58.7 cm³/mol. The fourth-order valence-electron chi connectivity index (χ4n) is 1.04. The van der Waals surface area contributed by atoms with Crippen LogP contribution in [0.25, 0.3) is 0 Å². The molecule has 0 aliphatic heterocycles. The highest BCUT2D eigenvalue weighted by atomic mass is 16.5. The first-order valence-electron chi connectivity index (χ1n) is 4.85. The minimum atomic E-state index is -0.257. The molecule has 0 saturated carbocycles. The SMILES string of the molecule is COCCCNC(=O)c1ccc(NN)nn1. The zero-order chi connectivity index (χ0) is 11.8. The summed E-state index contributed by atoms with van der Waals surface area (Å²) >= 11 is 0. The average Bonchev–Trinajstić information content (AvgIpc) is 2.34. The molecule has 0 aliphatic carbocycles. The Morgan fingerprint density at radius 1 is 1.50 bits per heavy atom. The first kappa shape index (κ1) is 12.3. The average molecular weight is 225 g/mol. The molecule has 0 spiro atoms. The number of amides is 1. The number of hydrogen-bond donors (Lipinski definition) is 3. The second-order valence-electron chi connectivity index (χ2n) is 3.05. The smallest absolute Gasteiger partial charge is 0.271 e.